The molecule has 0 spiro atoms. The zero-order chi connectivity index (χ0) is 15.2. The summed E-state index contributed by atoms with van der Waals surface area (Å²) in [5, 5.41) is 21.6. The summed E-state index contributed by atoms with van der Waals surface area (Å²) >= 11 is 3.49. The van der Waals surface area contributed by atoms with Crippen LogP contribution in [-0.2, 0) is 11.3 Å². The summed E-state index contributed by atoms with van der Waals surface area (Å²) in [6.45, 7) is 1.31. The van der Waals surface area contributed by atoms with E-state index in [9.17, 15) is 5.11 Å². The van der Waals surface area contributed by atoms with Crippen molar-refractivity contribution in [3.8, 4) is 5.69 Å². The van der Waals surface area contributed by atoms with E-state index in [4.69, 9.17) is 4.74 Å². The molecule has 0 bridgehead atoms. The Morgan fingerprint density at radius 3 is 2.90 bits per heavy atom. The van der Waals surface area contributed by atoms with Crippen molar-refractivity contribution in [2.45, 2.75) is 12.6 Å². The molecular weight excluding hydrogens is 338 g/mol. The Kier molecular flexibility index (Phi) is 5.80. The number of tetrazole rings is 1. The average Bonchev–Trinajstić information content (AvgIpc) is 2.87. The summed E-state index contributed by atoms with van der Waals surface area (Å²) in [6.07, 6.45) is -0.534. The number of benzene rings is 1. The maximum Gasteiger partial charge on any atom is 0.170 e. The van der Waals surface area contributed by atoms with Crippen molar-refractivity contribution >= 4 is 15.9 Å². The Balaban J connectivity index is 2.09. The summed E-state index contributed by atoms with van der Waals surface area (Å²) in [5.41, 5.74) is 0.878. The molecule has 0 fully saturated rings. The Bertz CT molecular complexity index is 577. The Labute approximate surface area is 131 Å². The first kappa shape index (κ1) is 16.0. The van der Waals surface area contributed by atoms with Gasteiger partial charge in [-0.3, -0.25) is 4.90 Å². The van der Waals surface area contributed by atoms with E-state index in [-0.39, 0.29) is 0 Å². The van der Waals surface area contributed by atoms with Gasteiger partial charge in [-0.1, -0.05) is 12.1 Å². The van der Waals surface area contributed by atoms with E-state index in [1.54, 1.807) is 11.8 Å². The molecule has 1 N–H and O–H groups in total. The molecule has 2 rings (SSSR count). The van der Waals surface area contributed by atoms with Gasteiger partial charge in [0.25, 0.3) is 0 Å². The number of aromatic nitrogens is 4. The second-order valence-electron chi connectivity index (χ2n) is 4.76. The predicted molar refractivity (Wildman–Crippen MR) is 81.1 cm³/mol. The minimum atomic E-state index is -0.534. The monoisotopic (exact) mass is 355 g/mol. The van der Waals surface area contributed by atoms with Crippen LogP contribution in [0.5, 0.6) is 0 Å². The van der Waals surface area contributed by atoms with Crippen LogP contribution in [0.3, 0.4) is 0 Å². The van der Waals surface area contributed by atoms with Crippen LogP contribution in [0.1, 0.15) is 5.82 Å². The molecule has 0 saturated heterocycles. The van der Waals surface area contributed by atoms with Crippen LogP contribution in [0.25, 0.3) is 5.69 Å². The molecule has 0 aliphatic rings. The quantitative estimate of drug-likeness (QED) is 0.793. The second kappa shape index (κ2) is 7.60. The maximum atomic E-state index is 9.75. The zero-order valence-corrected chi connectivity index (χ0v) is 13.6. The van der Waals surface area contributed by atoms with Crippen molar-refractivity contribution < 1.29 is 9.84 Å². The molecule has 114 valence electrons. The van der Waals surface area contributed by atoms with Crippen LogP contribution in [0, 0.1) is 0 Å². The number of halogens is 1. The normalized spacial score (nSPS) is 12.8. The van der Waals surface area contributed by atoms with E-state index < -0.39 is 6.10 Å². The van der Waals surface area contributed by atoms with Gasteiger partial charge in [-0.25, -0.2) is 0 Å². The predicted octanol–water partition coefficient (Wildman–Crippen LogP) is 0.864. The van der Waals surface area contributed by atoms with E-state index in [1.807, 2.05) is 36.2 Å². The summed E-state index contributed by atoms with van der Waals surface area (Å²) in [4.78, 5) is 1.95. The largest absolute Gasteiger partial charge is 0.389 e. The molecule has 8 heteroatoms. The number of aliphatic hydroxyl groups excluding tert-OH is 1. The van der Waals surface area contributed by atoms with Crippen LogP contribution in [0.4, 0.5) is 0 Å². The molecule has 1 unspecified atom stereocenters. The number of methoxy groups -OCH3 is 1. The number of aliphatic hydroxyl groups is 1. The SMILES string of the molecule is COCC(O)CN(C)Cc1nnnn1-c1ccccc1Br. The highest BCUT2D eigenvalue weighted by molar-refractivity contribution is 9.10. The minimum absolute atomic E-state index is 0.305. The molecule has 2 aromatic rings. The third-order valence-corrected chi connectivity index (χ3v) is 3.58. The zero-order valence-electron chi connectivity index (χ0n) is 12.0. The van der Waals surface area contributed by atoms with Crippen molar-refractivity contribution in [3.63, 3.8) is 0 Å². The Morgan fingerprint density at radius 2 is 2.19 bits per heavy atom. The smallest absolute Gasteiger partial charge is 0.170 e. The van der Waals surface area contributed by atoms with Gasteiger partial charge in [0.15, 0.2) is 5.82 Å². The van der Waals surface area contributed by atoms with Gasteiger partial charge in [-0.2, -0.15) is 4.68 Å². The van der Waals surface area contributed by atoms with E-state index >= 15 is 0 Å². The third-order valence-electron chi connectivity index (χ3n) is 2.91. The molecule has 1 aromatic carbocycles. The Hall–Kier alpha value is -1.35. The standard InChI is InChI=1S/C13H18BrN5O2/c1-18(7-10(20)9-21-2)8-13-15-16-17-19(13)12-6-4-3-5-11(12)14/h3-6,10,20H,7-9H2,1-2H3. The molecule has 21 heavy (non-hydrogen) atoms. The lowest BCUT2D eigenvalue weighted by atomic mass is 10.3. The highest BCUT2D eigenvalue weighted by Gasteiger charge is 2.14. The summed E-state index contributed by atoms with van der Waals surface area (Å²) < 4.78 is 7.52. The molecule has 1 aromatic heterocycles. The van der Waals surface area contributed by atoms with Crippen LogP contribution < -0.4 is 0 Å². The van der Waals surface area contributed by atoms with Crippen LogP contribution in [0.15, 0.2) is 28.7 Å². The van der Waals surface area contributed by atoms with Crippen molar-refractivity contribution in [2.24, 2.45) is 0 Å². The highest BCUT2D eigenvalue weighted by atomic mass is 79.9. The van der Waals surface area contributed by atoms with Gasteiger partial charge in [0.2, 0.25) is 0 Å². The first-order valence-corrected chi connectivity index (χ1v) is 7.28. The molecule has 0 aliphatic carbocycles. The molecule has 0 aliphatic heterocycles. The van der Waals surface area contributed by atoms with Gasteiger partial charge in [0.1, 0.15) is 0 Å². The minimum Gasteiger partial charge on any atom is -0.389 e. The van der Waals surface area contributed by atoms with Crippen molar-refractivity contribution in [2.75, 3.05) is 27.3 Å². The molecule has 0 saturated carbocycles. The fraction of sp³-hybridized carbons (Fsp3) is 0.462. The number of rotatable bonds is 7. The fourth-order valence-corrected chi connectivity index (χ4v) is 2.48. The summed E-state index contributed by atoms with van der Waals surface area (Å²) in [5.74, 6) is 0.703. The number of likely N-dealkylation sites (N-methyl/N-ethyl adjacent to an activating group) is 1. The molecule has 1 atom stereocenters. The lowest BCUT2D eigenvalue weighted by Crippen LogP contribution is -2.32. The van der Waals surface area contributed by atoms with E-state index in [0.717, 1.165) is 10.2 Å². The van der Waals surface area contributed by atoms with Crippen LogP contribution >= 0.6 is 15.9 Å². The average molecular weight is 356 g/mol. The topological polar surface area (TPSA) is 76.3 Å². The van der Waals surface area contributed by atoms with Crippen molar-refractivity contribution in [1.29, 1.82) is 0 Å². The van der Waals surface area contributed by atoms with Gasteiger partial charge in [0.05, 0.1) is 24.9 Å². The van der Waals surface area contributed by atoms with E-state index in [1.165, 1.54) is 0 Å². The van der Waals surface area contributed by atoms with E-state index in [2.05, 4.69) is 31.5 Å². The maximum absolute atomic E-state index is 9.75. The van der Waals surface area contributed by atoms with E-state index in [0.29, 0.717) is 25.5 Å². The van der Waals surface area contributed by atoms with Crippen LogP contribution in [-0.4, -0.2) is 63.6 Å². The molecular formula is C13H18BrN5O2. The molecule has 0 radical (unpaired) electrons. The number of para-hydroxylation sites is 1. The highest BCUT2D eigenvalue weighted by Crippen LogP contribution is 2.20. The lowest BCUT2D eigenvalue weighted by Gasteiger charge is -2.19. The van der Waals surface area contributed by atoms with Crippen LogP contribution in [0.2, 0.25) is 0 Å². The second-order valence-corrected chi connectivity index (χ2v) is 5.62. The van der Waals surface area contributed by atoms with Gasteiger partial charge in [-0.05, 0) is 45.5 Å². The lowest BCUT2D eigenvalue weighted by molar-refractivity contribution is 0.0413. The number of hydrogen-bond donors (Lipinski definition) is 1. The molecule has 1 heterocycles. The number of ether oxygens (including phenoxy) is 1. The Morgan fingerprint density at radius 1 is 1.43 bits per heavy atom. The molecule has 0 amide bonds. The number of hydrogen-bond acceptors (Lipinski definition) is 6. The van der Waals surface area contributed by atoms with Crippen molar-refractivity contribution in [1.82, 2.24) is 25.1 Å². The first-order chi connectivity index (χ1) is 10.1. The fourth-order valence-electron chi connectivity index (χ4n) is 2.03. The molecule has 7 nitrogen and oxygen atoms in total. The van der Waals surface area contributed by atoms with Gasteiger partial charge in [0, 0.05) is 18.1 Å². The van der Waals surface area contributed by atoms with Gasteiger partial charge >= 0.3 is 0 Å². The number of nitrogens with zero attached hydrogens (tertiary/aromatic N) is 5. The van der Waals surface area contributed by atoms with Gasteiger partial charge < -0.3 is 9.84 Å². The van der Waals surface area contributed by atoms with Gasteiger partial charge in [-0.15, -0.1) is 5.10 Å². The summed E-state index contributed by atoms with van der Waals surface area (Å²) in [6, 6.07) is 7.74. The summed E-state index contributed by atoms with van der Waals surface area (Å²) in [7, 11) is 3.47. The third kappa shape index (κ3) is 4.31. The first-order valence-electron chi connectivity index (χ1n) is 6.49. The van der Waals surface area contributed by atoms with Crippen molar-refractivity contribution in [3.05, 3.63) is 34.6 Å².